The van der Waals surface area contributed by atoms with Gasteiger partial charge in [0.2, 0.25) is 10.0 Å². The van der Waals surface area contributed by atoms with Crippen molar-refractivity contribution in [2.45, 2.75) is 102 Å². The maximum atomic E-state index is 13.5. The van der Waals surface area contributed by atoms with Crippen LogP contribution >= 0.6 is 0 Å². The van der Waals surface area contributed by atoms with Gasteiger partial charge in [0.05, 0.1) is 11.0 Å². The van der Waals surface area contributed by atoms with Gasteiger partial charge in [0.1, 0.15) is 0 Å². The number of benzene rings is 2. The molecule has 0 saturated heterocycles. The Bertz CT molecular complexity index is 1040. The molecule has 5 heteroatoms. The van der Waals surface area contributed by atoms with Gasteiger partial charge in [0.15, 0.2) is 0 Å². The molecular weight excluding hydrogens is 418 g/mol. The maximum Gasteiger partial charge on any atom is 0.243 e. The molecule has 2 aliphatic rings. The molecule has 4 nitrogen and oxygen atoms in total. The summed E-state index contributed by atoms with van der Waals surface area (Å²) in [5, 5.41) is 10.6. The first-order valence-electron chi connectivity index (χ1n) is 12.3. The molecule has 0 spiro atoms. The number of fused-ring (bicyclic) bond motifs is 6. The summed E-state index contributed by atoms with van der Waals surface area (Å²) in [4.78, 5) is 0.362. The smallest absolute Gasteiger partial charge is 0.243 e. The largest absolute Gasteiger partial charge is 0.389 e. The zero-order chi connectivity index (χ0) is 22.7. The molecule has 1 aliphatic carbocycles. The molecule has 0 unspecified atom stereocenters. The van der Waals surface area contributed by atoms with Crippen LogP contribution in [0, 0.1) is 6.92 Å². The Morgan fingerprint density at radius 1 is 0.812 bits per heavy atom. The first kappa shape index (κ1) is 23.5. The number of hydrogen-bond donors (Lipinski definition) is 1. The van der Waals surface area contributed by atoms with Gasteiger partial charge in [-0.2, -0.15) is 4.31 Å². The molecule has 1 N–H and O–H groups in total. The van der Waals surface area contributed by atoms with E-state index < -0.39 is 16.1 Å². The summed E-state index contributed by atoms with van der Waals surface area (Å²) in [6.07, 6.45) is 11.1. The van der Waals surface area contributed by atoms with E-state index in [2.05, 4.69) is 6.07 Å². The summed E-state index contributed by atoms with van der Waals surface area (Å²) in [6.45, 7) is 4.66. The molecule has 0 amide bonds. The van der Waals surface area contributed by atoms with Crippen molar-refractivity contribution in [2.24, 2.45) is 0 Å². The second kappa shape index (κ2) is 10.1. The minimum atomic E-state index is -3.56. The highest BCUT2D eigenvalue weighted by atomic mass is 32.2. The summed E-state index contributed by atoms with van der Waals surface area (Å²) >= 11 is 0. The van der Waals surface area contributed by atoms with Gasteiger partial charge < -0.3 is 5.11 Å². The average molecular weight is 456 g/mol. The SMILES string of the molecule is Cc1ccc(S(=O)(=O)N2Cc3c4cc([C@@H](C)O)c(c3C2)CCCCCCCCCC4)cc1. The Balaban J connectivity index is 1.73. The lowest BCUT2D eigenvalue weighted by atomic mass is 9.86. The van der Waals surface area contributed by atoms with Crippen LogP contribution in [-0.2, 0) is 36.0 Å². The van der Waals surface area contributed by atoms with Gasteiger partial charge in [-0.1, -0.05) is 62.3 Å². The number of hydrogen-bond acceptors (Lipinski definition) is 3. The highest BCUT2D eigenvalue weighted by Gasteiger charge is 2.34. The van der Waals surface area contributed by atoms with Crippen molar-refractivity contribution in [2.75, 3.05) is 0 Å². The van der Waals surface area contributed by atoms with Crippen LogP contribution in [0.1, 0.15) is 97.8 Å². The summed E-state index contributed by atoms with van der Waals surface area (Å²) in [5.41, 5.74) is 6.83. The molecule has 1 heterocycles. The summed E-state index contributed by atoms with van der Waals surface area (Å²) in [5.74, 6) is 0. The number of aliphatic hydroxyl groups is 1. The maximum absolute atomic E-state index is 13.5. The first-order chi connectivity index (χ1) is 15.4. The summed E-state index contributed by atoms with van der Waals surface area (Å²) in [6, 6.07) is 9.34. The van der Waals surface area contributed by atoms with Crippen LogP contribution in [0.15, 0.2) is 35.2 Å². The predicted octanol–water partition coefficient (Wildman–Crippen LogP) is 5.97. The monoisotopic (exact) mass is 455 g/mol. The van der Waals surface area contributed by atoms with Gasteiger partial charge in [-0.3, -0.25) is 0 Å². The van der Waals surface area contributed by atoms with E-state index in [1.54, 1.807) is 16.4 Å². The zero-order valence-corrected chi connectivity index (χ0v) is 20.4. The lowest BCUT2D eigenvalue weighted by Gasteiger charge is -2.20. The Kier molecular flexibility index (Phi) is 7.38. The zero-order valence-electron chi connectivity index (χ0n) is 19.6. The van der Waals surface area contributed by atoms with Crippen LogP contribution in [-0.4, -0.2) is 17.8 Å². The third-order valence-electron chi connectivity index (χ3n) is 7.20. The van der Waals surface area contributed by atoms with Crippen LogP contribution in [0.2, 0.25) is 0 Å². The predicted molar refractivity (Wildman–Crippen MR) is 129 cm³/mol. The highest BCUT2D eigenvalue weighted by Crippen LogP contribution is 2.38. The number of rotatable bonds is 3. The molecule has 174 valence electrons. The number of nitrogens with zero attached hydrogens (tertiary/aromatic N) is 1. The highest BCUT2D eigenvalue weighted by molar-refractivity contribution is 7.89. The van der Waals surface area contributed by atoms with Crippen LogP contribution in [0.5, 0.6) is 0 Å². The van der Waals surface area contributed by atoms with Crippen molar-refractivity contribution in [3.8, 4) is 0 Å². The van der Waals surface area contributed by atoms with Crippen LogP contribution < -0.4 is 0 Å². The first-order valence-corrected chi connectivity index (χ1v) is 13.7. The standard InChI is InChI=1S/C27H37NO3S/c1-20-13-15-23(16-14-20)32(30,31)28-18-26-22-11-9-7-5-3-4-6-8-10-12-24(27(26)19-28)25(17-22)21(2)29/h13-17,21,29H,3-12,18-19H2,1-2H3/t21-/m1/s1. The van der Waals surface area contributed by atoms with Gasteiger partial charge in [0.25, 0.3) is 0 Å². The Hall–Kier alpha value is -1.69. The lowest BCUT2D eigenvalue weighted by Crippen LogP contribution is -2.25. The fourth-order valence-electron chi connectivity index (χ4n) is 5.31. The van der Waals surface area contributed by atoms with E-state index in [1.165, 1.54) is 55.2 Å². The summed E-state index contributed by atoms with van der Waals surface area (Å²) in [7, 11) is -3.56. The van der Waals surface area contributed by atoms with Gasteiger partial charge in [-0.05, 0) is 79.5 Å². The molecule has 0 saturated carbocycles. The van der Waals surface area contributed by atoms with Crippen molar-refractivity contribution in [3.63, 3.8) is 0 Å². The van der Waals surface area contributed by atoms with E-state index in [0.717, 1.165) is 42.4 Å². The second-order valence-corrected chi connectivity index (χ2v) is 11.6. The molecule has 4 rings (SSSR count). The van der Waals surface area contributed by atoms with Gasteiger partial charge in [-0.15, -0.1) is 0 Å². The number of aryl methyl sites for hydroxylation is 2. The normalized spacial score (nSPS) is 19.5. The third kappa shape index (κ3) is 4.95. The minimum absolute atomic E-state index is 0.362. The van der Waals surface area contributed by atoms with Crippen molar-refractivity contribution in [3.05, 3.63) is 63.7 Å². The number of sulfonamides is 1. The van der Waals surface area contributed by atoms with Crippen molar-refractivity contribution >= 4 is 10.0 Å². The van der Waals surface area contributed by atoms with Gasteiger partial charge in [0, 0.05) is 13.1 Å². The summed E-state index contributed by atoms with van der Waals surface area (Å²) < 4.78 is 28.6. The van der Waals surface area contributed by atoms with Crippen molar-refractivity contribution in [1.82, 2.24) is 4.31 Å². The van der Waals surface area contributed by atoms with E-state index in [0.29, 0.717) is 18.0 Å². The fraction of sp³-hybridized carbons (Fsp3) is 0.556. The average Bonchev–Trinajstić information content (AvgIpc) is 3.22. The molecular formula is C27H37NO3S. The molecule has 32 heavy (non-hydrogen) atoms. The minimum Gasteiger partial charge on any atom is -0.389 e. The molecule has 1 aliphatic heterocycles. The van der Waals surface area contributed by atoms with E-state index >= 15 is 0 Å². The van der Waals surface area contributed by atoms with Gasteiger partial charge >= 0.3 is 0 Å². The fourth-order valence-corrected chi connectivity index (χ4v) is 6.68. The van der Waals surface area contributed by atoms with Crippen LogP contribution in [0.25, 0.3) is 0 Å². The van der Waals surface area contributed by atoms with E-state index in [9.17, 15) is 13.5 Å². The van der Waals surface area contributed by atoms with E-state index in [4.69, 9.17) is 0 Å². The van der Waals surface area contributed by atoms with Crippen LogP contribution in [0.3, 0.4) is 0 Å². The molecule has 0 radical (unpaired) electrons. The Labute approximate surface area is 193 Å². The quantitative estimate of drug-likeness (QED) is 0.620. The lowest BCUT2D eigenvalue weighted by molar-refractivity contribution is 0.198. The van der Waals surface area contributed by atoms with E-state index in [1.807, 2.05) is 26.0 Å². The van der Waals surface area contributed by atoms with Crippen molar-refractivity contribution in [1.29, 1.82) is 0 Å². The van der Waals surface area contributed by atoms with Crippen molar-refractivity contribution < 1.29 is 13.5 Å². The second-order valence-electron chi connectivity index (χ2n) is 9.65. The Morgan fingerprint density at radius 2 is 1.38 bits per heavy atom. The Morgan fingerprint density at radius 3 is 2.00 bits per heavy atom. The molecule has 1 atom stereocenters. The van der Waals surface area contributed by atoms with Crippen LogP contribution in [0.4, 0.5) is 0 Å². The topological polar surface area (TPSA) is 57.6 Å². The van der Waals surface area contributed by atoms with E-state index in [-0.39, 0.29) is 0 Å². The molecule has 2 bridgehead atoms. The number of aliphatic hydroxyl groups excluding tert-OH is 1. The molecule has 0 fully saturated rings. The third-order valence-corrected chi connectivity index (χ3v) is 9.00. The van der Waals surface area contributed by atoms with Gasteiger partial charge in [-0.25, -0.2) is 8.42 Å². The molecule has 0 aromatic heterocycles. The molecule has 2 aromatic carbocycles. The molecule has 2 aromatic rings.